The van der Waals surface area contributed by atoms with E-state index in [1.54, 1.807) is 24.3 Å². The number of benzene rings is 3. The quantitative estimate of drug-likeness (QED) is 0.245. The largest absolute Gasteiger partial charge is 0.416 e. The Balaban J connectivity index is 1.68. The van der Waals surface area contributed by atoms with Crippen molar-refractivity contribution in [2.75, 3.05) is 0 Å². The number of hydrogen-bond acceptors (Lipinski definition) is 3. The van der Waals surface area contributed by atoms with Gasteiger partial charge in [0.25, 0.3) is 5.56 Å². The molecule has 0 bridgehead atoms. The summed E-state index contributed by atoms with van der Waals surface area (Å²) in [5.41, 5.74) is 0.707. The Kier molecular flexibility index (Phi) is 5.86. The van der Waals surface area contributed by atoms with E-state index in [-0.39, 0.29) is 11.4 Å². The van der Waals surface area contributed by atoms with E-state index in [4.69, 9.17) is 0 Å². The second-order valence-corrected chi connectivity index (χ2v) is 8.59. The van der Waals surface area contributed by atoms with Crippen LogP contribution in [0.4, 0.5) is 13.2 Å². The number of para-hydroxylation sites is 1. The molecule has 0 saturated heterocycles. The molecule has 0 saturated carbocycles. The van der Waals surface area contributed by atoms with E-state index in [1.807, 2.05) is 47.2 Å². The van der Waals surface area contributed by atoms with Crippen LogP contribution in [-0.2, 0) is 6.18 Å². The third kappa shape index (κ3) is 4.54. The topological polar surface area (TPSA) is 52.2 Å². The van der Waals surface area contributed by atoms with Gasteiger partial charge in [-0.25, -0.2) is 4.98 Å². The smallest absolute Gasteiger partial charge is 0.316 e. The molecule has 0 atom stereocenters. The molecule has 2 aromatic heterocycles. The third-order valence-corrected chi connectivity index (χ3v) is 5.87. The molecule has 0 aliphatic carbocycles. The monoisotopic (exact) mass is 536 g/mol. The molecule has 5 aromatic rings. The van der Waals surface area contributed by atoms with E-state index in [9.17, 15) is 18.0 Å². The van der Waals surface area contributed by atoms with Gasteiger partial charge in [-0.3, -0.25) is 4.79 Å². The molecule has 0 aliphatic rings. The van der Waals surface area contributed by atoms with Crippen LogP contribution in [0.15, 0.2) is 105 Å². The highest BCUT2D eigenvalue weighted by Gasteiger charge is 2.31. The average molecular weight is 537 g/mol. The van der Waals surface area contributed by atoms with Gasteiger partial charge in [0.15, 0.2) is 5.82 Å². The van der Waals surface area contributed by atoms with Crippen LogP contribution in [0.1, 0.15) is 11.3 Å². The molecule has 174 valence electrons. The van der Waals surface area contributed by atoms with Crippen LogP contribution in [0, 0.1) is 0 Å². The number of fused-ring (bicyclic) bond motifs is 1. The van der Waals surface area contributed by atoms with Crippen molar-refractivity contribution in [1.82, 2.24) is 14.2 Å². The Labute approximate surface area is 205 Å². The lowest BCUT2D eigenvalue weighted by Crippen LogP contribution is -2.20. The predicted octanol–water partition coefficient (Wildman–Crippen LogP) is 6.52. The van der Waals surface area contributed by atoms with Gasteiger partial charge in [0.05, 0.1) is 28.4 Å². The maximum atomic E-state index is 13.4. The minimum Gasteiger partial charge on any atom is -0.316 e. The zero-order valence-corrected chi connectivity index (χ0v) is 19.5. The van der Waals surface area contributed by atoms with E-state index in [0.717, 1.165) is 27.0 Å². The summed E-state index contributed by atoms with van der Waals surface area (Å²) in [4.78, 5) is 17.8. The Morgan fingerprint density at radius 2 is 1.71 bits per heavy atom. The van der Waals surface area contributed by atoms with Crippen LogP contribution in [0.2, 0.25) is 0 Å². The fourth-order valence-electron chi connectivity index (χ4n) is 3.73. The molecule has 0 radical (unpaired) electrons. The first-order valence-corrected chi connectivity index (χ1v) is 11.3. The van der Waals surface area contributed by atoms with Crippen LogP contribution in [0.25, 0.3) is 28.0 Å². The van der Waals surface area contributed by atoms with Crippen molar-refractivity contribution in [3.05, 3.63) is 117 Å². The fraction of sp³-hybridized carbons (Fsp3) is 0.0385. The average Bonchev–Trinajstić information content (AvgIpc) is 3.32. The standard InChI is InChI=1S/C26H16BrF3N4O/c27-19-8-4-9-20(15-19)33-13-5-10-21(33)16-31-34-24(17-6-3-7-18(14-17)26(28,29)30)32-23-12-2-1-11-22(23)25(34)35/h1-16H. The summed E-state index contributed by atoms with van der Waals surface area (Å²) < 4.78 is 43.9. The third-order valence-electron chi connectivity index (χ3n) is 5.37. The van der Waals surface area contributed by atoms with Crippen molar-refractivity contribution in [1.29, 1.82) is 0 Å². The van der Waals surface area contributed by atoms with Gasteiger partial charge in [0, 0.05) is 21.9 Å². The molecule has 0 N–H and O–H groups in total. The summed E-state index contributed by atoms with van der Waals surface area (Å²) in [6, 6.07) is 22.6. The molecule has 0 amide bonds. The first kappa shape index (κ1) is 22.8. The van der Waals surface area contributed by atoms with Gasteiger partial charge < -0.3 is 4.57 Å². The lowest BCUT2D eigenvalue weighted by molar-refractivity contribution is -0.137. The summed E-state index contributed by atoms with van der Waals surface area (Å²) in [5, 5.41) is 4.69. The van der Waals surface area contributed by atoms with E-state index in [0.29, 0.717) is 16.6 Å². The minimum absolute atomic E-state index is 0.0108. The summed E-state index contributed by atoms with van der Waals surface area (Å²) in [6.45, 7) is 0. The van der Waals surface area contributed by atoms with Gasteiger partial charge in [0.2, 0.25) is 0 Å². The second kappa shape index (κ2) is 8.99. The van der Waals surface area contributed by atoms with Gasteiger partial charge >= 0.3 is 6.18 Å². The number of nitrogens with zero attached hydrogens (tertiary/aromatic N) is 4. The molecular formula is C26H16BrF3N4O. The van der Waals surface area contributed by atoms with Crippen LogP contribution in [0.5, 0.6) is 0 Å². The fourth-order valence-corrected chi connectivity index (χ4v) is 4.12. The van der Waals surface area contributed by atoms with Crippen LogP contribution < -0.4 is 5.56 Å². The summed E-state index contributed by atoms with van der Waals surface area (Å²) >= 11 is 3.45. The Morgan fingerprint density at radius 3 is 2.51 bits per heavy atom. The molecule has 0 fully saturated rings. The Bertz CT molecular complexity index is 1640. The van der Waals surface area contributed by atoms with Crippen LogP contribution in [0.3, 0.4) is 0 Å². The Morgan fingerprint density at radius 1 is 0.914 bits per heavy atom. The van der Waals surface area contributed by atoms with Crippen molar-refractivity contribution in [2.24, 2.45) is 5.10 Å². The van der Waals surface area contributed by atoms with E-state index >= 15 is 0 Å². The molecule has 5 rings (SSSR count). The lowest BCUT2D eigenvalue weighted by atomic mass is 10.1. The van der Waals surface area contributed by atoms with Crippen molar-refractivity contribution in [3.63, 3.8) is 0 Å². The first-order chi connectivity index (χ1) is 16.8. The highest BCUT2D eigenvalue weighted by atomic mass is 79.9. The lowest BCUT2D eigenvalue weighted by Gasteiger charge is -2.12. The van der Waals surface area contributed by atoms with E-state index < -0.39 is 17.3 Å². The van der Waals surface area contributed by atoms with E-state index in [1.165, 1.54) is 18.3 Å². The maximum Gasteiger partial charge on any atom is 0.416 e. The molecule has 3 aromatic carbocycles. The molecule has 2 heterocycles. The van der Waals surface area contributed by atoms with Crippen molar-refractivity contribution >= 4 is 33.0 Å². The summed E-state index contributed by atoms with van der Waals surface area (Å²) in [5.74, 6) is 0.0108. The zero-order chi connectivity index (χ0) is 24.6. The molecule has 0 aliphatic heterocycles. The predicted molar refractivity (Wildman–Crippen MR) is 133 cm³/mol. The van der Waals surface area contributed by atoms with Gasteiger partial charge in [-0.1, -0.05) is 46.3 Å². The van der Waals surface area contributed by atoms with Crippen LogP contribution in [-0.4, -0.2) is 20.4 Å². The zero-order valence-electron chi connectivity index (χ0n) is 17.9. The second-order valence-electron chi connectivity index (χ2n) is 7.68. The normalized spacial score (nSPS) is 12.0. The molecular weight excluding hydrogens is 521 g/mol. The van der Waals surface area contributed by atoms with Crippen LogP contribution >= 0.6 is 15.9 Å². The number of hydrogen-bond donors (Lipinski definition) is 0. The minimum atomic E-state index is -4.54. The SMILES string of the molecule is O=c1c2ccccc2nc(-c2cccc(C(F)(F)F)c2)n1N=Cc1cccn1-c1cccc(Br)c1. The van der Waals surface area contributed by atoms with Crippen molar-refractivity contribution in [3.8, 4) is 17.1 Å². The highest BCUT2D eigenvalue weighted by molar-refractivity contribution is 9.10. The number of halogens is 4. The van der Waals surface area contributed by atoms with Crippen molar-refractivity contribution in [2.45, 2.75) is 6.18 Å². The van der Waals surface area contributed by atoms with Gasteiger partial charge in [-0.2, -0.15) is 22.9 Å². The summed E-state index contributed by atoms with van der Waals surface area (Å²) in [7, 11) is 0. The number of alkyl halides is 3. The molecule has 9 heteroatoms. The Hall–Kier alpha value is -3.98. The van der Waals surface area contributed by atoms with E-state index in [2.05, 4.69) is 26.0 Å². The van der Waals surface area contributed by atoms with Gasteiger partial charge in [-0.15, -0.1) is 0 Å². The molecule has 0 unspecified atom stereocenters. The molecule has 5 nitrogen and oxygen atoms in total. The van der Waals surface area contributed by atoms with Gasteiger partial charge in [-0.05, 0) is 54.6 Å². The van der Waals surface area contributed by atoms with Gasteiger partial charge in [0.1, 0.15) is 0 Å². The van der Waals surface area contributed by atoms with Crippen molar-refractivity contribution < 1.29 is 13.2 Å². The first-order valence-electron chi connectivity index (χ1n) is 10.5. The number of rotatable bonds is 4. The molecule has 0 spiro atoms. The number of aromatic nitrogens is 3. The molecule has 35 heavy (non-hydrogen) atoms. The highest BCUT2D eigenvalue weighted by Crippen LogP contribution is 2.32. The maximum absolute atomic E-state index is 13.4. The summed E-state index contributed by atoms with van der Waals surface area (Å²) in [6.07, 6.45) is -1.21.